The summed E-state index contributed by atoms with van der Waals surface area (Å²) in [6.07, 6.45) is 0. The van der Waals surface area contributed by atoms with Crippen LogP contribution in [-0.4, -0.2) is 23.1 Å². The van der Waals surface area contributed by atoms with Gasteiger partial charge in [-0.3, -0.25) is 10.1 Å². The zero-order valence-corrected chi connectivity index (χ0v) is 9.99. The molecule has 2 rings (SSSR count). The van der Waals surface area contributed by atoms with Crippen LogP contribution in [0.3, 0.4) is 0 Å². The van der Waals surface area contributed by atoms with Crippen molar-refractivity contribution in [1.29, 1.82) is 0 Å². The van der Waals surface area contributed by atoms with Crippen LogP contribution in [0, 0.1) is 17.0 Å². The van der Waals surface area contributed by atoms with Crippen LogP contribution in [0.2, 0.25) is 0 Å². The highest BCUT2D eigenvalue weighted by Crippen LogP contribution is 2.34. The van der Waals surface area contributed by atoms with E-state index in [2.05, 4.69) is 4.98 Å². The van der Waals surface area contributed by atoms with Crippen molar-refractivity contribution < 1.29 is 9.66 Å². The molecule has 17 heavy (non-hydrogen) atoms. The third-order valence-electron chi connectivity index (χ3n) is 2.15. The van der Waals surface area contributed by atoms with Crippen LogP contribution in [0.25, 0.3) is 10.2 Å². The van der Waals surface area contributed by atoms with Gasteiger partial charge in [0.25, 0.3) is 0 Å². The van der Waals surface area contributed by atoms with Gasteiger partial charge in [-0.2, -0.15) is 0 Å². The van der Waals surface area contributed by atoms with Crippen LogP contribution in [0.1, 0.15) is 5.01 Å². The Morgan fingerprint density at radius 3 is 3.00 bits per heavy atom. The number of ether oxygens (including phenoxy) is 1. The molecule has 0 aliphatic rings. The van der Waals surface area contributed by atoms with E-state index in [9.17, 15) is 10.1 Å². The van der Waals surface area contributed by atoms with Gasteiger partial charge in [0.1, 0.15) is 6.61 Å². The molecule has 1 aromatic carbocycles. The van der Waals surface area contributed by atoms with Crippen LogP contribution < -0.4 is 10.5 Å². The van der Waals surface area contributed by atoms with E-state index in [-0.39, 0.29) is 18.0 Å². The predicted molar refractivity (Wildman–Crippen MR) is 65.6 cm³/mol. The summed E-state index contributed by atoms with van der Waals surface area (Å²) in [5.41, 5.74) is 5.98. The second kappa shape index (κ2) is 4.64. The molecule has 0 aliphatic carbocycles. The fraction of sp³-hybridized carbons (Fsp3) is 0.300. The molecule has 0 fully saturated rings. The van der Waals surface area contributed by atoms with E-state index in [1.54, 1.807) is 6.07 Å². The minimum absolute atomic E-state index is 0.0467. The van der Waals surface area contributed by atoms with Gasteiger partial charge in [-0.05, 0) is 6.92 Å². The number of fused-ring (bicyclic) bond motifs is 1. The third-order valence-corrected chi connectivity index (χ3v) is 3.08. The Balaban J connectivity index is 2.53. The molecule has 0 atom stereocenters. The predicted octanol–water partition coefficient (Wildman–Crippen LogP) is 1.85. The molecule has 1 aromatic heterocycles. The minimum Gasteiger partial charge on any atom is -0.485 e. The first-order valence-electron chi connectivity index (χ1n) is 5.00. The number of aromatic nitrogens is 1. The highest BCUT2D eigenvalue weighted by atomic mass is 32.1. The van der Waals surface area contributed by atoms with E-state index in [0.717, 1.165) is 9.71 Å². The highest BCUT2D eigenvalue weighted by Gasteiger charge is 2.18. The highest BCUT2D eigenvalue weighted by molar-refractivity contribution is 7.18. The molecule has 0 radical (unpaired) electrons. The van der Waals surface area contributed by atoms with Crippen molar-refractivity contribution in [3.63, 3.8) is 0 Å². The van der Waals surface area contributed by atoms with Crippen LogP contribution in [0.4, 0.5) is 5.69 Å². The number of hydrogen-bond acceptors (Lipinski definition) is 6. The molecule has 6 nitrogen and oxygen atoms in total. The second-order valence-corrected chi connectivity index (χ2v) is 4.65. The normalized spacial score (nSPS) is 10.7. The van der Waals surface area contributed by atoms with Crippen LogP contribution in [0.5, 0.6) is 5.75 Å². The van der Waals surface area contributed by atoms with Gasteiger partial charge in [-0.25, -0.2) is 4.98 Å². The lowest BCUT2D eigenvalue weighted by molar-refractivity contribution is -0.385. The number of nitro benzene ring substituents is 1. The number of thiazole rings is 1. The Labute approximate surface area is 101 Å². The third kappa shape index (κ3) is 2.34. The average molecular weight is 253 g/mol. The Morgan fingerprint density at radius 2 is 2.35 bits per heavy atom. The minimum atomic E-state index is -0.458. The van der Waals surface area contributed by atoms with Crippen molar-refractivity contribution in [2.24, 2.45) is 5.73 Å². The standard InChI is InChI=1S/C10H11N3O3S/c1-6-12-7-4-9(16-3-2-11)8(13(14)15)5-10(7)17-6/h4-5H,2-3,11H2,1H3. The summed E-state index contributed by atoms with van der Waals surface area (Å²) in [5, 5.41) is 11.8. The first kappa shape index (κ1) is 11.7. The summed E-state index contributed by atoms with van der Waals surface area (Å²) in [7, 11) is 0. The van der Waals surface area contributed by atoms with E-state index in [4.69, 9.17) is 10.5 Å². The fourth-order valence-electron chi connectivity index (χ4n) is 1.49. The molecular weight excluding hydrogens is 242 g/mol. The van der Waals surface area contributed by atoms with Crippen molar-refractivity contribution in [3.05, 3.63) is 27.3 Å². The van der Waals surface area contributed by atoms with Gasteiger partial charge in [0.2, 0.25) is 0 Å². The SMILES string of the molecule is Cc1nc2cc(OCCN)c([N+](=O)[O-])cc2s1. The molecule has 0 bridgehead atoms. The first-order valence-corrected chi connectivity index (χ1v) is 5.82. The van der Waals surface area contributed by atoms with Gasteiger partial charge in [0.05, 0.1) is 20.1 Å². The van der Waals surface area contributed by atoms with Crippen molar-refractivity contribution in [2.75, 3.05) is 13.2 Å². The van der Waals surface area contributed by atoms with Crippen molar-refractivity contribution >= 4 is 27.2 Å². The lowest BCUT2D eigenvalue weighted by Crippen LogP contribution is -2.11. The number of aryl methyl sites for hydroxylation is 1. The summed E-state index contributed by atoms with van der Waals surface area (Å²) in [5.74, 6) is 0.221. The Kier molecular flexibility index (Phi) is 3.21. The molecule has 0 aliphatic heterocycles. The number of nitro groups is 1. The molecule has 7 heteroatoms. The van der Waals surface area contributed by atoms with Crippen LogP contribution in [-0.2, 0) is 0 Å². The molecule has 90 valence electrons. The average Bonchev–Trinajstić information content (AvgIpc) is 2.63. The maximum absolute atomic E-state index is 10.9. The lowest BCUT2D eigenvalue weighted by atomic mass is 10.3. The molecule has 0 saturated heterocycles. The Hall–Kier alpha value is -1.73. The van der Waals surface area contributed by atoms with E-state index in [1.807, 2.05) is 6.92 Å². The van der Waals surface area contributed by atoms with Gasteiger partial charge >= 0.3 is 5.69 Å². The summed E-state index contributed by atoms with van der Waals surface area (Å²) >= 11 is 1.42. The monoisotopic (exact) mass is 253 g/mol. The topological polar surface area (TPSA) is 91.3 Å². The molecule has 2 aromatic rings. The van der Waals surface area contributed by atoms with E-state index < -0.39 is 4.92 Å². The van der Waals surface area contributed by atoms with Crippen molar-refractivity contribution in [2.45, 2.75) is 6.92 Å². The summed E-state index contributed by atoms with van der Waals surface area (Å²) in [6.45, 7) is 2.41. The van der Waals surface area contributed by atoms with Crippen LogP contribution in [0.15, 0.2) is 12.1 Å². The Morgan fingerprint density at radius 1 is 1.59 bits per heavy atom. The molecular formula is C10H11N3O3S. The second-order valence-electron chi connectivity index (χ2n) is 3.41. The number of rotatable bonds is 4. The molecule has 0 spiro atoms. The summed E-state index contributed by atoms with van der Waals surface area (Å²) in [4.78, 5) is 14.7. The lowest BCUT2D eigenvalue weighted by Gasteiger charge is -2.04. The van der Waals surface area contributed by atoms with Gasteiger partial charge in [0, 0.05) is 18.7 Å². The summed E-state index contributed by atoms with van der Waals surface area (Å²) in [6, 6.07) is 3.08. The first-order chi connectivity index (χ1) is 8.11. The Bertz CT molecular complexity index is 567. The number of benzene rings is 1. The summed E-state index contributed by atoms with van der Waals surface area (Å²) < 4.78 is 6.05. The van der Waals surface area contributed by atoms with Gasteiger partial charge < -0.3 is 10.5 Å². The van der Waals surface area contributed by atoms with Gasteiger partial charge in [-0.15, -0.1) is 11.3 Å². The van der Waals surface area contributed by atoms with E-state index >= 15 is 0 Å². The zero-order valence-electron chi connectivity index (χ0n) is 9.17. The molecule has 0 amide bonds. The zero-order chi connectivity index (χ0) is 12.4. The molecule has 2 N–H and O–H groups in total. The molecule has 0 saturated carbocycles. The van der Waals surface area contributed by atoms with Gasteiger partial charge in [0.15, 0.2) is 5.75 Å². The van der Waals surface area contributed by atoms with Crippen molar-refractivity contribution in [1.82, 2.24) is 4.98 Å². The maximum Gasteiger partial charge on any atom is 0.312 e. The maximum atomic E-state index is 10.9. The molecule has 0 unspecified atom stereocenters. The smallest absolute Gasteiger partial charge is 0.312 e. The van der Waals surface area contributed by atoms with Crippen molar-refractivity contribution in [3.8, 4) is 5.75 Å². The largest absolute Gasteiger partial charge is 0.485 e. The van der Waals surface area contributed by atoms with Gasteiger partial charge in [-0.1, -0.05) is 0 Å². The van der Waals surface area contributed by atoms with E-state index in [0.29, 0.717) is 12.1 Å². The van der Waals surface area contributed by atoms with E-state index in [1.165, 1.54) is 17.4 Å². The fourth-order valence-corrected chi connectivity index (χ4v) is 2.33. The molecule has 1 heterocycles. The number of nitrogens with two attached hydrogens (primary N) is 1. The number of hydrogen-bond donors (Lipinski definition) is 1. The quantitative estimate of drug-likeness (QED) is 0.663. The number of nitrogens with zero attached hydrogens (tertiary/aromatic N) is 2. The van der Waals surface area contributed by atoms with Crippen LogP contribution >= 0.6 is 11.3 Å².